The summed E-state index contributed by atoms with van der Waals surface area (Å²) in [5, 5.41) is 0. The van der Waals surface area contributed by atoms with Gasteiger partial charge in [-0.15, -0.1) is 0 Å². The molecular formula is C16H24N4O. The Morgan fingerprint density at radius 1 is 1.38 bits per heavy atom. The van der Waals surface area contributed by atoms with Gasteiger partial charge in [0.1, 0.15) is 11.6 Å². The monoisotopic (exact) mass is 288 g/mol. The molecule has 2 rings (SSSR count). The third-order valence-corrected chi connectivity index (χ3v) is 3.43. The van der Waals surface area contributed by atoms with Crippen LogP contribution >= 0.6 is 0 Å². The summed E-state index contributed by atoms with van der Waals surface area (Å²) in [4.78, 5) is 4.44. The third-order valence-electron chi connectivity index (χ3n) is 3.43. The van der Waals surface area contributed by atoms with Crippen molar-refractivity contribution >= 4 is 0 Å². The maximum absolute atomic E-state index is 5.74. The lowest BCUT2D eigenvalue weighted by molar-refractivity contribution is 0.339. The number of ether oxygens (including phenoxy) is 1. The first-order chi connectivity index (χ1) is 10.3. The predicted octanol–water partition coefficient (Wildman–Crippen LogP) is 2.44. The minimum Gasteiger partial charge on any atom is -0.494 e. The second kappa shape index (κ2) is 7.81. The van der Waals surface area contributed by atoms with Crippen molar-refractivity contribution in [3.8, 4) is 5.75 Å². The van der Waals surface area contributed by atoms with Crippen LogP contribution in [0.4, 0.5) is 0 Å². The van der Waals surface area contributed by atoms with E-state index in [-0.39, 0.29) is 6.04 Å². The summed E-state index contributed by atoms with van der Waals surface area (Å²) in [6, 6.07) is 8.05. The zero-order chi connectivity index (χ0) is 15.1. The maximum Gasteiger partial charge on any atom is 0.119 e. The van der Waals surface area contributed by atoms with E-state index in [1.807, 2.05) is 37.5 Å². The molecule has 21 heavy (non-hydrogen) atoms. The molecule has 0 aliphatic heterocycles. The van der Waals surface area contributed by atoms with Gasteiger partial charge >= 0.3 is 0 Å². The Labute approximate surface area is 126 Å². The highest BCUT2D eigenvalue weighted by Crippen LogP contribution is 2.22. The molecule has 0 amide bonds. The van der Waals surface area contributed by atoms with Gasteiger partial charge in [-0.1, -0.05) is 19.1 Å². The molecule has 1 aromatic carbocycles. The van der Waals surface area contributed by atoms with Gasteiger partial charge in [0, 0.05) is 25.4 Å². The van der Waals surface area contributed by atoms with Crippen LogP contribution in [0.2, 0.25) is 0 Å². The molecule has 0 aliphatic rings. The van der Waals surface area contributed by atoms with E-state index in [2.05, 4.69) is 28.0 Å². The van der Waals surface area contributed by atoms with Crippen LogP contribution in [0.1, 0.15) is 37.7 Å². The minimum absolute atomic E-state index is 0.0170. The molecule has 1 unspecified atom stereocenters. The summed E-state index contributed by atoms with van der Waals surface area (Å²) >= 11 is 0. The summed E-state index contributed by atoms with van der Waals surface area (Å²) in [6.07, 6.45) is 5.70. The first-order valence-corrected chi connectivity index (χ1v) is 7.47. The number of hydrazine groups is 1. The summed E-state index contributed by atoms with van der Waals surface area (Å²) in [6.45, 7) is 5.78. The van der Waals surface area contributed by atoms with E-state index in [1.54, 1.807) is 0 Å². The van der Waals surface area contributed by atoms with Gasteiger partial charge in [0.25, 0.3) is 0 Å². The second-order valence-electron chi connectivity index (χ2n) is 4.97. The Morgan fingerprint density at radius 3 is 2.95 bits per heavy atom. The van der Waals surface area contributed by atoms with Gasteiger partial charge < -0.3 is 9.30 Å². The van der Waals surface area contributed by atoms with Crippen molar-refractivity contribution in [3.63, 3.8) is 0 Å². The highest BCUT2D eigenvalue weighted by atomic mass is 16.5. The van der Waals surface area contributed by atoms with Gasteiger partial charge in [-0.3, -0.25) is 11.3 Å². The molecule has 1 atom stereocenters. The number of nitrogens with zero attached hydrogens (tertiary/aromatic N) is 2. The number of aromatic nitrogens is 2. The van der Waals surface area contributed by atoms with Gasteiger partial charge in [-0.25, -0.2) is 4.98 Å². The number of hydrogen-bond donors (Lipinski definition) is 2. The third kappa shape index (κ3) is 4.06. The van der Waals surface area contributed by atoms with Crippen LogP contribution in [0.15, 0.2) is 36.7 Å². The number of rotatable bonds is 8. The molecule has 0 spiro atoms. The molecule has 0 radical (unpaired) electrons. The van der Waals surface area contributed by atoms with E-state index in [4.69, 9.17) is 10.6 Å². The zero-order valence-electron chi connectivity index (χ0n) is 12.7. The fourth-order valence-corrected chi connectivity index (χ4v) is 2.42. The molecule has 0 bridgehead atoms. The van der Waals surface area contributed by atoms with E-state index in [0.717, 1.165) is 36.5 Å². The fourth-order valence-electron chi connectivity index (χ4n) is 2.42. The number of imidazole rings is 1. The van der Waals surface area contributed by atoms with Crippen molar-refractivity contribution in [2.45, 2.75) is 39.3 Å². The van der Waals surface area contributed by atoms with Crippen molar-refractivity contribution in [3.05, 3.63) is 48.0 Å². The van der Waals surface area contributed by atoms with Crippen molar-refractivity contribution < 1.29 is 4.74 Å². The van der Waals surface area contributed by atoms with E-state index in [1.165, 1.54) is 0 Å². The smallest absolute Gasteiger partial charge is 0.119 e. The van der Waals surface area contributed by atoms with Crippen molar-refractivity contribution in [1.29, 1.82) is 0 Å². The minimum atomic E-state index is 0.0170. The van der Waals surface area contributed by atoms with Crippen molar-refractivity contribution in [1.82, 2.24) is 15.0 Å². The van der Waals surface area contributed by atoms with E-state index in [0.29, 0.717) is 6.61 Å². The van der Waals surface area contributed by atoms with Crippen LogP contribution in [0.3, 0.4) is 0 Å². The molecule has 3 N–H and O–H groups in total. The van der Waals surface area contributed by atoms with Gasteiger partial charge in [0.2, 0.25) is 0 Å². The normalized spacial score (nSPS) is 12.3. The largest absolute Gasteiger partial charge is 0.494 e. The van der Waals surface area contributed by atoms with Gasteiger partial charge in [-0.2, -0.15) is 0 Å². The summed E-state index contributed by atoms with van der Waals surface area (Å²) < 4.78 is 7.73. The SMILES string of the molecule is CCCn1ccnc1CC(NN)c1cccc(OCC)c1. The van der Waals surface area contributed by atoms with Crippen LogP contribution in [0, 0.1) is 0 Å². The van der Waals surface area contributed by atoms with Gasteiger partial charge in [-0.05, 0) is 31.0 Å². The molecule has 1 heterocycles. The molecule has 0 fully saturated rings. The average Bonchev–Trinajstić information content (AvgIpc) is 2.93. The van der Waals surface area contributed by atoms with Crippen LogP contribution in [0.25, 0.3) is 0 Å². The first kappa shape index (κ1) is 15.5. The number of aryl methyl sites for hydroxylation is 1. The van der Waals surface area contributed by atoms with E-state index < -0.39 is 0 Å². The van der Waals surface area contributed by atoms with Crippen LogP contribution in [-0.2, 0) is 13.0 Å². The Hall–Kier alpha value is -1.85. The standard InChI is InChI=1S/C16H24N4O/c1-3-9-20-10-8-18-16(20)12-15(19-17)13-6-5-7-14(11-13)21-4-2/h5-8,10-11,15,19H,3-4,9,12,17H2,1-2H3. The summed E-state index contributed by atoms with van der Waals surface area (Å²) in [7, 11) is 0. The Kier molecular flexibility index (Phi) is 5.78. The summed E-state index contributed by atoms with van der Waals surface area (Å²) in [5.41, 5.74) is 3.99. The Bertz CT molecular complexity index is 553. The lowest BCUT2D eigenvalue weighted by Crippen LogP contribution is -2.30. The van der Waals surface area contributed by atoms with E-state index >= 15 is 0 Å². The average molecular weight is 288 g/mol. The molecular weight excluding hydrogens is 264 g/mol. The van der Waals surface area contributed by atoms with Crippen molar-refractivity contribution in [2.24, 2.45) is 5.84 Å². The molecule has 1 aromatic heterocycles. The van der Waals surface area contributed by atoms with Gasteiger partial charge in [0.15, 0.2) is 0 Å². The van der Waals surface area contributed by atoms with Crippen LogP contribution in [0.5, 0.6) is 5.75 Å². The number of benzene rings is 1. The lowest BCUT2D eigenvalue weighted by atomic mass is 10.0. The quantitative estimate of drug-likeness (QED) is 0.578. The molecule has 0 saturated carbocycles. The highest BCUT2D eigenvalue weighted by molar-refractivity contribution is 5.31. The summed E-state index contributed by atoms with van der Waals surface area (Å²) in [5.74, 6) is 7.65. The molecule has 114 valence electrons. The van der Waals surface area contributed by atoms with Crippen LogP contribution in [-0.4, -0.2) is 16.2 Å². The highest BCUT2D eigenvalue weighted by Gasteiger charge is 2.14. The van der Waals surface area contributed by atoms with E-state index in [9.17, 15) is 0 Å². The lowest BCUT2D eigenvalue weighted by Gasteiger charge is -2.18. The Morgan fingerprint density at radius 2 is 2.24 bits per heavy atom. The van der Waals surface area contributed by atoms with Gasteiger partial charge in [0.05, 0.1) is 12.6 Å². The zero-order valence-corrected chi connectivity index (χ0v) is 12.7. The second-order valence-corrected chi connectivity index (χ2v) is 4.97. The molecule has 5 nitrogen and oxygen atoms in total. The van der Waals surface area contributed by atoms with Crippen LogP contribution < -0.4 is 16.0 Å². The number of hydrogen-bond acceptors (Lipinski definition) is 4. The maximum atomic E-state index is 5.74. The first-order valence-electron chi connectivity index (χ1n) is 7.47. The number of nitrogens with two attached hydrogens (primary N) is 1. The molecule has 0 saturated heterocycles. The molecule has 2 aromatic rings. The van der Waals surface area contributed by atoms with Crippen molar-refractivity contribution in [2.75, 3.05) is 6.61 Å². The topological polar surface area (TPSA) is 65.1 Å². The fraction of sp³-hybridized carbons (Fsp3) is 0.438. The Balaban J connectivity index is 2.15. The molecule has 5 heteroatoms. The predicted molar refractivity (Wildman–Crippen MR) is 83.9 cm³/mol. The molecule has 0 aliphatic carbocycles. The number of nitrogens with one attached hydrogen (secondary N) is 1.